The van der Waals surface area contributed by atoms with Gasteiger partial charge in [-0.2, -0.15) is 0 Å². The molecule has 1 aromatic carbocycles. The van der Waals surface area contributed by atoms with E-state index in [1.807, 2.05) is 0 Å². The molecular formula is C14H18F3N3O3. The Morgan fingerprint density at radius 2 is 1.96 bits per heavy atom. The van der Waals surface area contributed by atoms with Gasteiger partial charge in [0.25, 0.3) is 0 Å². The molecule has 1 aromatic rings. The molecule has 0 aliphatic rings. The van der Waals surface area contributed by atoms with E-state index in [9.17, 15) is 22.8 Å². The second-order valence-electron chi connectivity index (χ2n) is 5.11. The van der Waals surface area contributed by atoms with Crippen LogP contribution < -0.4 is 21.1 Å². The minimum Gasteiger partial charge on any atom is -0.406 e. The first kappa shape index (κ1) is 18.8. The standard InChI is InChI=1S/C14H18F3N3O3/c1-8(2)12(18)13(22)19-7-11(21)20-9-4-3-5-10(6-9)23-14(15,16)17/h3-6,8,12H,7,18H2,1-2H3,(H,19,22)(H,20,21)/t12-/m0/s1. The molecular weight excluding hydrogens is 315 g/mol. The number of amides is 2. The Kier molecular flexibility index (Phi) is 6.38. The van der Waals surface area contributed by atoms with E-state index in [1.165, 1.54) is 12.1 Å². The molecule has 0 unspecified atom stereocenters. The van der Waals surface area contributed by atoms with Crippen LogP contribution in [0.2, 0.25) is 0 Å². The van der Waals surface area contributed by atoms with Gasteiger partial charge in [0.1, 0.15) is 5.75 Å². The van der Waals surface area contributed by atoms with E-state index in [0.717, 1.165) is 12.1 Å². The van der Waals surface area contributed by atoms with Crippen LogP contribution in [0.4, 0.5) is 18.9 Å². The lowest BCUT2D eigenvalue weighted by molar-refractivity contribution is -0.274. The Morgan fingerprint density at radius 1 is 1.30 bits per heavy atom. The zero-order valence-corrected chi connectivity index (χ0v) is 12.6. The van der Waals surface area contributed by atoms with Gasteiger partial charge in [0.2, 0.25) is 11.8 Å². The van der Waals surface area contributed by atoms with Crippen LogP contribution in [0.25, 0.3) is 0 Å². The molecule has 0 aliphatic carbocycles. The van der Waals surface area contributed by atoms with Crippen molar-refractivity contribution in [2.45, 2.75) is 26.3 Å². The van der Waals surface area contributed by atoms with Crippen molar-refractivity contribution in [3.8, 4) is 5.75 Å². The van der Waals surface area contributed by atoms with Gasteiger partial charge < -0.3 is 21.1 Å². The van der Waals surface area contributed by atoms with Crippen LogP contribution in [0.15, 0.2) is 24.3 Å². The first-order valence-electron chi connectivity index (χ1n) is 6.77. The first-order valence-corrected chi connectivity index (χ1v) is 6.77. The van der Waals surface area contributed by atoms with Gasteiger partial charge in [0, 0.05) is 11.8 Å². The number of hydrogen-bond donors (Lipinski definition) is 3. The minimum absolute atomic E-state index is 0.0886. The number of carbonyl (C=O) groups excluding carboxylic acids is 2. The topological polar surface area (TPSA) is 93.5 Å². The quantitative estimate of drug-likeness (QED) is 0.737. The normalized spacial score (nSPS) is 12.7. The highest BCUT2D eigenvalue weighted by molar-refractivity contribution is 5.95. The van der Waals surface area contributed by atoms with Gasteiger partial charge in [-0.05, 0) is 18.1 Å². The highest BCUT2D eigenvalue weighted by atomic mass is 19.4. The van der Waals surface area contributed by atoms with Crippen LogP contribution in [0.1, 0.15) is 13.8 Å². The molecule has 6 nitrogen and oxygen atoms in total. The van der Waals surface area contributed by atoms with E-state index < -0.39 is 30.0 Å². The van der Waals surface area contributed by atoms with Gasteiger partial charge >= 0.3 is 6.36 Å². The average Bonchev–Trinajstić information content (AvgIpc) is 2.42. The number of carbonyl (C=O) groups is 2. The molecule has 0 radical (unpaired) electrons. The zero-order valence-electron chi connectivity index (χ0n) is 12.6. The Labute approximate surface area is 131 Å². The largest absolute Gasteiger partial charge is 0.573 e. The molecule has 4 N–H and O–H groups in total. The number of hydrogen-bond acceptors (Lipinski definition) is 4. The lowest BCUT2D eigenvalue weighted by atomic mass is 10.1. The summed E-state index contributed by atoms with van der Waals surface area (Å²) in [5.74, 6) is -1.63. The molecule has 9 heteroatoms. The maximum Gasteiger partial charge on any atom is 0.573 e. The van der Waals surface area contributed by atoms with Crippen LogP contribution in [-0.2, 0) is 9.59 Å². The van der Waals surface area contributed by atoms with Crippen molar-refractivity contribution in [1.29, 1.82) is 0 Å². The van der Waals surface area contributed by atoms with Crippen molar-refractivity contribution in [2.75, 3.05) is 11.9 Å². The molecule has 1 atom stereocenters. The summed E-state index contributed by atoms with van der Waals surface area (Å²) in [5, 5.41) is 4.70. The Hall–Kier alpha value is -2.29. The fourth-order valence-corrected chi connectivity index (χ4v) is 1.56. The van der Waals surface area contributed by atoms with E-state index in [1.54, 1.807) is 13.8 Å². The van der Waals surface area contributed by atoms with Gasteiger partial charge in [-0.25, -0.2) is 0 Å². The summed E-state index contributed by atoms with van der Waals surface area (Å²) in [6.45, 7) is 3.18. The van der Waals surface area contributed by atoms with Crippen molar-refractivity contribution < 1.29 is 27.5 Å². The molecule has 0 saturated heterocycles. The molecule has 0 saturated carbocycles. The predicted octanol–water partition coefficient (Wildman–Crippen LogP) is 1.62. The number of halogens is 3. The maximum absolute atomic E-state index is 12.1. The summed E-state index contributed by atoms with van der Waals surface area (Å²) >= 11 is 0. The number of nitrogens with one attached hydrogen (secondary N) is 2. The molecule has 23 heavy (non-hydrogen) atoms. The van der Waals surface area contributed by atoms with Crippen LogP contribution in [-0.4, -0.2) is 30.8 Å². The molecule has 1 rings (SSSR count). The van der Waals surface area contributed by atoms with Gasteiger partial charge in [-0.1, -0.05) is 19.9 Å². The number of rotatable bonds is 6. The van der Waals surface area contributed by atoms with Crippen molar-refractivity contribution in [1.82, 2.24) is 5.32 Å². The van der Waals surface area contributed by atoms with Gasteiger partial charge in [-0.15, -0.1) is 13.2 Å². The highest BCUT2D eigenvalue weighted by Crippen LogP contribution is 2.24. The van der Waals surface area contributed by atoms with Gasteiger partial charge in [0.15, 0.2) is 0 Å². The van der Waals surface area contributed by atoms with Crippen molar-refractivity contribution in [3.05, 3.63) is 24.3 Å². The summed E-state index contributed by atoms with van der Waals surface area (Å²) in [6, 6.07) is 4.07. The lowest BCUT2D eigenvalue weighted by Crippen LogP contribution is -2.46. The Balaban J connectivity index is 2.55. The fraction of sp³-hybridized carbons (Fsp3) is 0.429. The summed E-state index contributed by atoms with van der Waals surface area (Å²) in [5.41, 5.74) is 5.72. The Morgan fingerprint density at radius 3 is 2.52 bits per heavy atom. The molecule has 0 heterocycles. The molecule has 0 spiro atoms. The second-order valence-corrected chi connectivity index (χ2v) is 5.11. The third-order valence-corrected chi connectivity index (χ3v) is 2.80. The van der Waals surface area contributed by atoms with Gasteiger partial charge in [-0.3, -0.25) is 9.59 Å². The third-order valence-electron chi connectivity index (χ3n) is 2.80. The summed E-state index contributed by atoms with van der Waals surface area (Å²) < 4.78 is 40.1. The van der Waals surface area contributed by atoms with Crippen LogP contribution in [0.3, 0.4) is 0 Å². The zero-order chi connectivity index (χ0) is 17.6. The number of anilines is 1. The van der Waals surface area contributed by atoms with Crippen molar-refractivity contribution in [2.24, 2.45) is 11.7 Å². The van der Waals surface area contributed by atoms with Gasteiger partial charge in [0.05, 0.1) is 12.6 Å². The summed E-state index contributed by atoms with van der Waals surface area (Å²) in [6.07, 6.45) is -4.82. The average molecular weight is 333 g/mol. The smallest absolute Gasteiger partial charge is 0.406 e. The highest BCUT2D eigenvalue weighted by Gasteiger charge is 2.31. The van der Waals surface area contributed by atoms with E-state index in [-0.39, 0.29) is 18.2 Å². The molecule has 0 bridgehead atoms. The van der Waals surface area contributed by atoms with Crippen LogP contribution in [0, 0.1) is 5.92 Å². The maximum atomic E-state index is 12.1. The Bertz CT molecular complexity index is 562. The fourth-order valence-electron chi connectivity index (χ4n) is 1.56. The first-order chi connectivity index (χ1) is 10.6. The van der Waals surface area contributed by atoms with E-state index >= 15 is 0 Å². The molecule has 2 amide bonds. The lowest BCUT2D eigenvalue weighted by Gasteiger charge is -2.15. The SMILES string of the molecule is CC(C)[C@H](N)C(=O)NCC(=O)Nc1cccc(OC(F)(F)F)c1. The van der Waals surface area contributed by atoms with Crippen molar-refractivity contribution >= 4 is 17.5 Å². The number of benzene rings is 1. The van der Waals surface area contributed by atoms with E-state index in [4.69, 9.17) is 5.73 Å². The predicted molar refractivity (Wildman–Crippen MR) is 77.6 cm³/mol. The molecule has 0 aromatic heterocycles. The minimum atomic E-state index is -4.82. The molecule has 0 fully saturated rings. The number of ether oxygens (including phenoxy) is 1. The summed E-state index contributed by atoms with van der Waals surface area (Å²) in [7, 11) is 0. The third kappa shape index (κ3) is 7.00. The van der Waals surface area contributed by atoms with Crippen LogP contribution >= 0.6 is 0 Å². The molecule has 128 valence electrons. The van der Waals surface area contributed by atoms with E-state index in [2.05, 4.69) is 15.4 Å². The molecule has 0 aliphatic heterocycles. The summed E-state index contributed by atoms with van der Waals surface area (Å²) in [4.78, 5) is 23.3. The van der Waals surface area contributed by atoms with E-state index in [0.29, 0.717) is 0 Å². The second kappa shape index (κ2) is 7.82. The monoisotopic (exact) mass is 333 g/mol. The van der Waals surface area contributed by atoms with Crippen molar-refractivity contribution in [3.63, 3.8) is 0 Å². The number of alkyl halides is 3. The van der Waals surface area contributed by atoms with Crippen LogP contribution in [0.5, 0.6) is 5.75 Å². The number of nitrogens with two attached hydrogens (primary N) is 1.